The smallest absolute Gasteiger partial charge is 0.306 e. The highest BCUT2D eigenvalue weighted by Crippen LogP contribution is 2.14. The summed E-state index contributed by atoms with van der Waals surface area (Å²) < 4.78 is 17.4. The predicted molar refractivity (Wildman–Crippen MR) is 306 cm³/mol. The summed E-state index contributed by atoms with van der Waals surface area (Å²) in [5, 5.41) is 0. The highest BCUT2D eigenvalue weighted by atomic mass is 16.6. The van der Waals surface area contributed by atoms with Crippen molar-refractivity contribution in [2.45, 2.75) is 258 Å². The van der Waals surface area contributed by atoms with Crippen LogP contribution < -0.4 is 0 Å². The third-order valence-corrected chi connectivity index (χ3v) is 12.0. The molecule has 0 aliphatic heterocycles. The van der Waals surface area contributed by atoms with Crippen molar-refractivity contribution in [1.29, 1.82) is 0 Å². The van der Waals surface area contributed by atoms with E-state index >= 15 is 0 Å². The summed E-state index contributed by atoms with van der Waals surface area (Å²) in [6.07, 6.45) is 83.7. The normalized spacial score (nSPS) is 13.1. The third-order valence-electron chi connectivity index (χ3n) is 12.0. The zero-order chi connectivity index (χ0) is 50.6. The van der Waals surface area contributed by atoms with Gasteiger partial charge in [-0.3, -0.25) is 9.59 Å². The zero-order valence-corrected chi connectivity index (χ0v) is 45.7. The van der Waals surface area contributed by atoms with Crippen molar-refractivity contribution in [3.05, 3.63) is 122 Å². The number of hydrogen-bond acceptors (Lipinski definition) is 5. The lowest BCUT2D eigenvalue weighted by Gasteiger charge is -2.18. The molecule has 1 unspecified atom stereocenters. The molecular formula is C65H108O5. The Hall–Kier alpha value is -3.70. The van der Waals surface area contributed by atoms with Crippen LogP contribution in [0.3, 0.4) is 0 Å². The van der Waals surface area contributed by atoms with Crippen molar-refractivity contribution in [2.75, 3.05) is 19.8 Å². The average molecular weight is 970 g/mol. The molecule has 5 heteroatoms. The first-order chi connectivity index (χ1) is 34.6. The molecule has 0 aromatic heterocycles. The van der Waals surface area contributed by atoms with Gasteiger partial charge in [0, 0.05) is 19.4 Å². The Morgan fingerprint density at radius 3 is 1.07 bits per heavy atom. The van der Waals surface area contributed by atoms with Crippen molar-refractivity contribution < 1.29 is 23.8 Å². The maximum absolute atomic E-state index is 12.8. The fourth-order valence-corrected chi connectivity index (χ4v) is 7.70. The van der Waals surface area contributed by atoms with Crippen LogP contribution in [0.2, 0.25) is 0 Å². The highest BCUT2D eigenvalue weighted by Gasteiger charge is 2.17. The van der Waals surface area contributed by atoms with Gasteiger partial charge in [-0.15, -0.1) is 0 Å². The Labute approximate surface area is 433 Å². The Morgan fingerprint density at radius 2 is 0.643 bits per heavy atom. The number of esters is 2. The van der Waals surface area contributed by atoms with Crippen LogP contribution in [0.15, 0.2) is 122 Å². The molecule has 0 aromatic rings. The zero-order valence-electron chi connectivity index (χ0n) is 45.7. The van der Waals surface area contributed by atoms with E-state index in [9.17, 15) is 9.59 Å². The number of unbranched alkanes of at least 4 members (excludes halogenated alkanes) is 21. The summed E-state index contributed by atoms with van der Waals surface area (Å²) in [4.78, 5) is 25.5. The molecule has 0 amide bonds. The Bertz CT molecular complexity index is 1420. The van der Waals surface area contributed by atoms with Gasteiger partial charge in [-0.1, -0.05) is 232 Å². The van der Waals surface area contributed by atoms with Gasteiger partial charge in [0.15, 0.2) is 6.10 Å². The first-order valence-electron chi connectivity index (χ1n) is 29.1. The van der Waals surface area contributed by atoms with Crippen LogP contribution in [-0.4, -0.2) is 37.9 Å². The van der Waals surface area contributed by atoms with Gasteiger partial charge in [0.1, 0.15) is 6.61 Å². The van der Waals surface area contributed by atoms with E-state index in [2.05, 4.69) is 142 Å². The molecule has 0 saturated heterocycles. The van der Waals surface area contributed by atoms with Gasteiger partial charge in [-0.05, 0) is 128 Å². The molecule has 398 valence electrons. The molecule has 0 spiro atoms. The first-order valence-corrected chi connectivity index (χ1v) is 29.1. The maximum atomic E-state index is 12.8. The van der Waals surface area contributed by atoms with Crippen LogP contribution in [0.5, 0.6) is 0 Å². The van der Waals surface area contributed by atoms with E-state index in [0.29, 0.717) is 19.4 Å². The van der Waals surface area contributed by atoms with E-state index in [1.807, 2.05) is 0 Å². The van der Waals surface area contributed by atoms with E-state index in [1.165, 1.54) is 103 Å². The standard InChI is InChI=1S/C65H108O5/c1-4-7-10-13-16-19-22-25-28-30-32-34-36-39-42-45-48-51-54-57-60-68-61-63(70-65(67)59-56-53-50-47-44-41-37-27-24-21-18-15-12-9-6-3)62-69-64(66)58-55-52-49-46-43-40-38-35-33-31-29-26-23-20-17-14-11-8-5-2/h8-9,11-12,17-18,20-21,25-29,33,35,37,40,43-44,47,63H,4-7,10,13-16,19,22-24,30-32,34,36,38-39,41-42,45-46,48-62H2,1-3H3/b11-8-,12-9-,20-17-,21-18-,28-25-,29-26-,35-33-,37-27-,43-40-,47-44-. The second-order valence-corrected chi connectivity index (χ2v) is 18.8. The Kier molecular flexibility index (Phi) is 56.5. The fraction of sp³-hybridized carbons (Fsp3) is 0.662. The molecule has 0 N–H and O–H groups in total. The third kappa shape index (κ3) is 56.9. The molecule has 5 nitrogen and oxygen atoms in total. The Morgan fingerprint density at radius 1 is 0.329 bits per heavy atom. The minimum absolute atomic E-state index is 0.0442. The molecule has 0 aliphatic rings. The van der Waals surface area contributed by atoms with E-state index in [-0.39, 0.29) is 25.2 Å². The van der Waals surface area contributed by atoms with Gasteiger partial charge in [0.25, 0.3) is 0 Å². The van der Waals surface area contributed by atoms with Crippen molar-refractivity contribution >= 4 is 11.9 Å². The Balaban J connectivity index is 4.39. The number of ether oxygens (including phenoxy) is 3. The molecule has 0 rings (SSSR count). The van der Waals surface area contributed by atoms with Gasteiger partial charge < -0.3 is 14.2 Å². The van der Waals surface area contributed by atoms with E-state index < -0.39 is 6.10 Å². The van der Waals surface area contributed by atoms with Crippen LogP contribution in [0.25, 0.3) is 0 Å². The molecule has 0 heterocycles. The number of carbonyl (C=O) groups excluding carboxylic acids is 2. The van der Waals surface area contributed by atoms with Crippen LogP contribution in [0, 0.1) is 0 Å². The average Bonchev–Trinajstić information content (AvgIpc) is 3.36. The summed E-state index contributed by atoms with van der Waals surface area (Å²) in [6.45, 7) is 7.52. The topological polar surface area (TPSA) is 61.8 Å². The highest BCUT2D eigenvalue weighted by molar-refractivity contribution is 5.70. The second kappa shape index (κ2) is 59.6. The molecule has 0 saturated carbocycles. The maximum Gasteiger partial charge on any atom is 0.306 e. The van der Waals surface area contributed by atoms with Gasteiger partial charge in [-0.25, -0.2) is 0 Å². The van der Waals surface area contributed by atoms with E-state index in [4.69, 9.17) is 14.2 Å². The molecule has 0 aliphatic carbocycles. The predicted octanol–water partition coefficient (Wildman–Crippen LogP) is 20.1. The SMILES string of the molecule is CC/C=C\C/C=C\C/C=C\C/C=C\C/C=C\CCCCCC(=O)OCC(COCCCCCCCCCCCC/C=C\CCCCCCCC)OC(=O)CCCC/C=C\C/C=C\C/C=C\C/C=C\CC. The molecule has 0 fully saturated rings. The minimum atomic E-state index is -0.581. The quantitative estimate of drug-likeness (QED) is 0.0345. The van der Waals surface area contributed by atoms with Crippen molar-refractivity contribution in [3.8, 4) is 0 Å². The summed E-state index contributed by atoms with van der Waals surface area (Å²) in [6, 6.07) is 0. The summed E-state index contributed by atoms with van der Waals surface area (Å²) in [5.41, 5.74) is 0. The fourth-order valence-electron chi connectivity index (χ4n) is 7.70. The van der Waals surface area contributed by atoms with Crippen LogP contribution in [0.1, 0.15) is 252 Å². The first kappa shape index (κ1) is 66.3. The van der Waals surface area contributed by atoms with Crippen LogP contribution in [0.4, 0.5) is 0 Å². The van der Waals surface area contributed by atoms with Crippen molar-refractivity contribution in [3.63, 3.8) is 0 Å². The molecule has 70 heavy (non-hydrogen) atoms. The lowest BCUT2D eigenvalue weighted by atomic mass is 10.1. The molecule has 1 atom stereocenters. The van der Waals surface area contributed by atoms with E-state index in [0.717, 1.165) is 116 Å². The number of carbonyl (C=O) groups is 2. The summed E-state index contributed by atoms with van der Waals surface area (Å²) in [5.74, 6) is -0.486. The van der Waals surface area contributed by atoms with Crippen molar-refractivity contribution in [2.24, 2.45) is 0 Å². The number of allylic oxidation sites excluding steroid dienone is 20. The molecule has 0 aromatic carbocycles. The number of rotatable bonds is 52. The molecule has 0 bridgehead atoms. The van der Waals surface area contributed by atoms with Gasteiger partial charge >= 0.3 is 11.9 Å². The monoisotopic (exact) mass is 969 g/mol. The largest absolute Gasteiger partial charge is 0.462 e. The number of hydrogen-bond donors (Lipinski definition) is 0. The lowest BCUT2D eigenvalue weighted by molar-refractivity contribution is -0.163. The van der Waals surface area contributed by atoms with Crippen molar-refractivity contribution in [1.82, 2.24) is 0 Å². The molecular weight excluding hydrogens is 861 g/mol. The summed E-state index contributed by atoms with van der Waals surface area (Å²) in [7, 11) is 0. The van der Waals surface area contributed by atoms with E-state index in [1.54, 1.807) is 0 Å². The van der Waals surface area contributed by atoms with Crippen LogP contribution >= 0.6 is 0 Å². The summed E-state index contributed by atoms with van der Waals surface area (Å²) >= 11 is 0. The van der Waals surface area contributed by atoms with Crippen LogP contribution in [-0.2, 0) is 23.8 Å². The van der Waals surface area contributed by atoms with Gasteiger partial charge in [0.05, 0.1) is 6.61 Å². The lowest BCUT2D eigenvalue weighted by Crippen LogP contribution is -2.30. The second-order valence-electron chi connectivity index (χ2n) is 18.8. The molecule has 0 radical (unpaired) electrons. The van der Waals surface area contributed by atoms with Gasteiger partial charge in [0.2, 0.25) is 0 Å². The minimum Gasteiger partial charge on any atom is -0.462 e. The van der Waals surface area contributed by atoms with Gasteiger partial charge in [-0.2, -0.15) is 0 Å².